The number of rotatable bonds is 3. The molecule has 1 aromatic rings. The number of carbonyl (C=O) groups is 1. The van der Waals surface area contributed by atoms with Crippen LogP contribution in [-0.4, -0.2) is 11.6 Å². The molecular weight excluding hydrogens is 274 g/mol. The van der Waals surface area contributed by atoms with Crippen molar-refractivity contribution in [1.29, 1.82) is 0 Å². The van der Waals surface area contributed by atoms with Crippen LogP contribution in [0.1, 0.15) is 39.0 Å². The van der Waals surface area contributed by atoms with Crippen LogP contribution in [0.4, 0.5) is 5.69 Å². The maximum absolute atomic E-state index is 12.9. The standard InChI is InChI=1S/C18H23N3O/c1-18(11-6-3-7-12-18)16(22)15-10-13-21(20-17(15)19)14-8-4-2-5-9-14/h2,4-5,8-10,13,15H,3,6-7,11-12H2,1H3,(H2,19,20). The third kappa shape index (κ3) is 2.78. The molecule has 0 aromatic heterocycles. The lowest BCUT2D eigenvalue weighted by Gasteiger charge is -2.35. The number of Topliss-reactive ketones (excluding diaryl/α,β-unsaturated/α-hetero) is 1. The SMILES string of the molecule is CC1(C(=O)C2C=CN(c3ccccc3)N=C2N)CCCCC1. The molecule has 1 unspecified atom stereocenters. The summed E-state index contributed by atoms with van der Waals surface area (Å²) in [6, 6.07) is 9.79. The lowest BCUT2D eigenvalue weighted by Crippen LogP contribution is -2.42. The molecule has 3 rings (SSSR count). The highest BCUT2D eigenvalue weighted by Crippen LogP contribution is 2.39. The molecule has 1 fully saturated rings. The molecule has 1 atom stereocenters. The molecule has 4 nitrogen and oxygen atoms in total. The van der Waals surface area contributed by atoms with E-state index in [1.165, 1.54) is 6.42 Å². The number of nitrogens with zero attached hydrogens (tertiary/aromatic N) is 2. The fraction of sp³-hybridized carbons (Fsp3) is 0.444. The number of benzene rings is 1. The number of hydrogen-bond donors (Lipinski definition) is 1. The van der Waals surface area contributed by atoms with Crippen molar-refractivity contribution in [2.24, 2.45) is 22.2 Å². The van der Waals surface area contributed by atoms with E-state index >= 15 is 0 Å². The molecular formula is C18H23N3O. The number of hydrogen-bond acceptors (Lipinski definition) is 4. The van der Waals surface area contributed by atoms with E-state index < -0.39 is 0 Å². The Hall–Kier alpha value is -2.10. The van der Waals surface area contributed by atoms with Crippen LogP contribution in [-0.2, 0) is 4.79 Å². The fourth-order valence-electron chi connectivity index (χ4n) is 3.39. The summed E-state index contributed by atoms with van der Waals surface area (Å²) in [6.07, 6.45) is 9.15. The van der Waals surface area contributed by atoms with Gasteiger partial charge in [0.15, 0.2) is 5.78 Å². The number of ketones is 1. The van der Waals surface area contributed by atoms with E-state index in [1.807, 2.05) is 42.6 Å². The van der Waals surface area contributed by atoms with E-state index in [4.69, 9.17) is 5.73 Å². The largest absolute Gasteiger partial charge is 0.385 e. The van der Waals surface area contributed by atoms with Gasteiger partial charge >= 0.3 is 0 Å². The number of anilines is 1. The Morgan fingerprint density at radius 2 is 1.91 bits per heavy atom. The van der Waals surface area contributed by atoms with Crippen molar-refractivity contribution >= 4 is 17.3 Å². The van der Waals surface area contributed by atoms with Crippen LogP contribution in [0.15, 0.2) is 47.7 Å². The molecule has 2 N–H and O–H groups in total. The van der Waals surface area contributed by atoms with Gasteiger partial charge in [-0.15, -0.1) is 0 Å². The molecule has 1 aliphatic heterocycles. The van der Waals surface area contributed by atoms with Crippen LogP contribution in [0.3, 0.4) is 0 Å². The minimum atomic E-state index is -0.386. The van der Waals surface area contributed by atoms with Gasteiger partial charge in [-0.2, -0.15) is 5.10 Å². The summed E-state index contributed by atoms with van der Waals surface area (Å²) < 4.78 is 0. The van der Waals surface area contributed by atoms with Crippen molar-refractivity contribution in [3.8, 4) is 0 Å². The van der Waals surface area contributed by atoms with E-state index in [2.05, 4.69) is 12.0 Å². The quantitative estimate of drug-likeness (QED) is 0.929. The van der Waals surface area contributed by atoms with Gasteiger partial charge in [0, 0.05) is 11.6 Å². The second-order valence-corrected chi connectivity index (χ2v) is 6.51. The van der Waals surface area contributed by atoms with E-state index in [-0.39, 0.29) is 17.1 Å². The summed E-state index contributed by atoms with van der Waals surface area (Å²) in [5.41, 5.74) is 6.80. The first-order chi connectivity index (χ1) is 10.6. The first-order valence-corrected chi connectivity index (χ1v) is 8.01. The average molecular weight is 297 g/mol. The van der Waals surface area contributed by atoms with Gasteiger partial charge < -0.3 is 5.73 Å². The predicted octanol–water partition coefficient (Wildman–Crippen LogP) is 3.45. The summed E-state index contributed by atoms with van der Waals surface area (Å²) in [5.74, 6) is 0.226. The second-order valence-electron chi connectivity index (χ2n) is 6.51. The Bertz CT molecular complexity index is 600. The van der Waals surface area contributed by atoms with Crippen LogP contribution < -0.4 is 10.7 Å². The van der Waals surface area contributed by atoms with Crippen LogP contribution in [0.25, 0.3) is 0 Å². The van der Waals surface area contributed by atoms with Gasteiger partial charge in [0.25, 0.3) is 0 Å². The summed E-state index contributed by atoms with van der Waals surface area (Å²) in [7, 11) is 0. The highest BCUT2D eigenvalue weighted by atomic mass is 16.1. The van der Waals surface area contributed by atoms with E-state index in [1.54, 1.807) is 5.01 Å². The number of hydrazone groups is 1. The number of nitrogens with two attached hydrogens (primary N) is 1. The zero-order valence-electron chi connectivity index (χ0n) is 13.0. The molecule has 1 heterocycles. The Kier molecular flexibility index (Phi) is 4.01. The Morgan fingerprint density at radius 1 is 1.23 bits per heavy atom. The van der Waals surface area contributed by atoms with Crippen molar-refractivity contribution in [2.75, 3.05) is 5.01 Å². The Labute approximate surface area is 131 Å². The molecule has 2 aliphatic rings. The highest BCUT2D eigenvalue weighted by Gasteiger charge is 2.39. The van der Waals surface area contributed by atoms with Crippen molar-refractivity contribution < 1.29 is 4.79 Å². The van der Waals surface area contributed by atoms with E-state index in [0.717, 1.165) is 31.4 Å². The zero-order valence-corrected chi connectivity index (χ0v) is 13.0. The maximum Gasteiger partial charge on any atom is 0.153 e. The molecule has 116 valence electrons. The molecule has 1 aliphatic carbocycles. The average Bonchev–Trinajstić information content (AvgIpc) is 2.56. The highest BCUT2D eigenvalue weighted by molar-refractivity contribution is 6.08. The molecule has 0 bridgehead atoms. The van der Waals surface area contributed by atoms with Crippen molar-refractivity contribution in [2.45, 2.75) is 39.0 Å². The molecule has 4 heteroatoms. The molecule has 0 radical (unpaired) electrons. The third-order valence-corrected chi connectivity index (χ3v) is 4.82. The molecule has 0 saturated heterocycles. The van der Waals surface area contributed by atoms with Gasteiger partial charge in [0.1, 0.15) is 5.84 Å². The van der Waals surface area contributed by atoms with Crippen LogP contribution >= 0.6 is 0 Å². The van der Waals surface area contributed by atoms with Gasteiger partial charge in [-0.25, -0.2) is 5.01 Å². The monoisotopic (exact) mass is 297 g/mol. The van der Waals surface area contributed by atoms with Crippen molar-refractivity contribution in [3.05, 3.63) is 42.6 Å². The van der Waals surface area contributed by atoms with Gasteiger partial charge in [-0.3, -0.25) is 4.79 Å². The van der Waals surface area contributed by atoms with Gasteiger partial charge in [0.2, 0.25) is 0 Å². The first-order valence-electron chi connectivity index (χ1n) is 8.01. The van der Waals surface area contributed by atoms with Crippen LogP contribution in [0.5, 0.6) is 0 Å². The molecule has 22 heavy (non-hydrogen) atoms. The number of amidine groups is 1. The second kappa shape index (κ2) is 5.95. The zero-order chi connectivity index (χ0) is 15.6. The summed E-state index contributed by atoms with van der Waals surface area (Å²) in [4.78, 5) is 12.9. The lowest BCUT2D eigenvalue weighted by atomic mass is 9.69. The Morgan fingerprint density at radius 3 is 2.55 bits per heavy atom. The number of carbonyl (C=O) groups excluding carboxylic acids is 1. The van der Waals surface area contributed by atoms with Crippen molar-refractivity contribution in [3.63, 3.8) is 0 Å². The molecule has 1 aromatic carbocycles. The van der Waals surface area contributed by atoms with Gasteiger partial charge in [-0.05, 0) is 31.1 Å². The van der Waals surface area contributed by atoms with Crippen molar-refractivity contribution in [1.82, 2.24) is 0 Å². The topological polar surface area (TPSA) is 58.7 Å². The van der Waals surface area contributed by atoms with E-state index in [9.17, 15) is 4.79 Å². The Balaban J connectivity index is 1.78. The molecule has 0 spiro atoms. The number of para-hydroxylation sites is 1. The molecule has 1 saturated carbocycles. The summed E-state index contributed by atoms with van der Waals surface area (Å²) in [5, 5.41) is 6.13. The normalized spacial score (nSPS) is 24.0. The third-order valence-electron chi connectivity index (χ3n) is 4.82. The predicted molar refractivity (Wildman–Crippen MR) is 89.4 cm³/mol. The fourth-order valence-corrected chi connectivity index (χ4v) is 3.39. The van der Waals surface area contributed by atoms with E-state index in [0.29, 0.717) is 5.84 Å². The maximum atomic E-state index is 12.9. The summed E-state index contributed by atoms with van der Waals surface area (Å²) in [6.45, 7) is 2.08. The van der Waals surface area contributed by atoms with Crippen LogP contribution in [0.2, 0.25) is 0 Å². The smallest absolute Gasteiger partial charge is 0.153 e. The molecule has 0 amide bonds. The summed E-state index contributed by atoms with van der Waals surface area (Å²) >= 11 is 0. The van der Waals surface area contributed by atoms with Gasteiger partial charge in [-0.1, -0.05) is 44.4 Å². The minimum Gasteiger partial charge on any atom is -0.385 e. The first kappa shape index (κ1) is 14.8. The minimum absolute atomic E-state index is 0.220. The van der Waals surface area contributed by atoms with Gasteiger partial charge in [0.05, 0.1) is 11.6 Å². The lowest BCUT2D eigenvalue weighted by molar-refractivity contribution is -0.130. The van der Waals surface area contributed by atoms with Crippen LogP contribution in [0, 0.1) is 11.3 Å².